The van der Waals surface area contributed by atoms with Gasteiger partial charge in [0.2, 0.25) is 11.8 Å². The van der Waals surface area contributed by atoms with Gasteiger partial charge in [0.05, 0.1) is 7.11 Å². The zero-order valence-electron chi connectivity index (χ0n) is 17.4. The number of hydrogen-bond donors (Lipinski definition) is 0. The van der Waals surface area contributed by atoms with Crippen LogP contribution in [-0.4, -0.2) is 54.9 Å². The maximum atomic E-state index is 12.8. The molecular weight excluding hydrogens is 368 g/mol. The summed E-state index contributed by atoms with van der Waals surface area (Å²) in [4.78, 5) is 27.9. The number of furan rings is 1. The van der Waals surface area contributed by atoms with Crippen LogP contribution < -0.4 is 4.74 Å². The first-order valence-corrected chi connectivity index (χ1v) is 10.3. The third kappa shape index (κ3) is 3.76. The normalized spacial score (nSPS) is 17.4. The zero-order valence-corrected chi connectivity index (χ0v) is 17.4. The fraction of sp³-hybridized carbons (Fsp3) is 0.478. The summed E-state index contributed by atoms with van der Waals surface area (Å²) in [5.41, 5.74) is 3.95. The molecule has 154 valence electrons. The number of ether oxygens (including phenoxy) is 1. The summed E-state index contributed by atoms with van der Waals surface area (Å²) < 4.78 is 11.7. The summed E-state index contributed by atoms with van der Waals surface area (Å²) >= 11 is 0. The highest BCUT2D eigenvalue weighted by Gasteiger charge is 2.23. The molecule has 6 heteroatoms. The van der Waals surface area contributed by atoms with Crippen molar-refractivity contribution in [2.75, 3.05) is 33.3 Å². The number of nitrogens with zero attached hydrogens (tertiary/aromatic N) is 2. The molecule has 1 aromatic heterocycles. The molecule has 0 radical (unpaired) electrons. The smallest absolute Gasteiger partial charge is 0.246 e. The Morgan fingerprint density at radius 1 is 1.03 bits per heavy atom. The van der Waals surface area contributed by atoms with Crippen molar-refractivity contribution in [3.8, 4) is 5.75 Å². The third-order valence-corrected chi connectivity index (χ3v) is 6.08. The lowest BCUT2D eigenvalue weighted by atomic mass is 9.94. The van der Waals surface area contributed by atoms with Crippen molar-refractivity contribution in [3.05, 3.63) is 35.1 Å². The van der Waals surface area contributed by atoms with Gasteiger partial charge in [0.15, 0.2) is 0 Å². The molecule has 2 aliphatic rings. The van der Waals surface area contributed by atoms with Crippen LogP contribution in [0.1, 0.15) is 43.6 Å². The zero-order chi connectivity index (χ0) is 20.5. The van der Waals surface area contributed by atoms with E-state index in [2.05, 4.69) is 6.07 Å². The van der Waals surface area contributed by atoms with Gasteiger partial charge in [-0.25, -0.2) is 0 Å². The number of piperazine rings is 1. The molecule has 2 amide bonds. The van der Waals surface area contributed by atoms with Gasteiger partial charge in [-0.2, -0.15) is 0 Å². The molecule has 0 atom stereocenters. The number of amides is 2. The van der Waals surface area contributed by atoms with E-state index in [1.807, 2.05) is 13.0 Å². The van der Waals surface area contributed by atoms with Gasteiger partial charge in [-0.05, 0) is 37.8 Å². The topological polar surface area (TPSA) is 63.0 Å². The van der Waals surface area contributed by atoms with Gasteiger partial charge in [-0.15, -0.1) is 0 Å². The van der Waals surface area contributed by atoms with Crippen LogP contribution >= 0.6 is 0 Å². The number of fused-ring (bicyclic) bond motifs is 3. The molecule has 4 rings (SSSR count). The van der Waals surface area contributed by atoms with E-state index in [1.54, 1.807) is 29.9 Å². The van der Waals surface area contributed by atoms with Gasteiger partial charge in [0.1, 0.15) is 17.1 Å². The van der Waals surface area contributed by atoms with Crippen molar-refractivity contribution in [1.82, 2.24) is 9.80 Å². The molecule has 1 aliphatic carbocycles. The maximum absolute atomic E-state index is 12.8. The van der Waals surface area contributed by atoms with Crippen LogP contribution in [0.2, 0.25) is 0 Å². The Labute approximate surface area is 171 Å². The summed E-state index contributed by atoms with van der Waals surface area (Å²) in [6.45, 7) is 5.81. The molecule has 0 bridgehead atoms. The number of carbonyl (C=O) groups is 2. The molecule has 1 aromatic carbocycles. The second kappa shape index (κ2) is 7.93. The van der Waals surface area contributed by atoms with E-state index in [0.29, 0.717) is 31.9 Å². The van der Waals surface area contributed by atoms with E-state index in [9.17, 15) is 9.59 Å². The minimum absolute atomic E-state index is 0.0259. The molecule has 0 saturated carbocycles. The highest BCUT2D eigenvalue weighted by atomic mass is 16.5. The lowest BCUT2D eigenvalue weighted by molar-refractivity contribution is -0.135. The lowest BCUT2D eigenvalue weighted by Gasteiger charge is -2.33. The average molecular weight is 396 g/mol. The highest BCUT2D eigenvalue weighted by Crippen LogP contribution is 2.37. The fourth-order valence-electron chi connectivity index (χ4n) is 4.36. The number of allylic oxidation sites excluding steroid dienone is 1. The van der Waals surface area contributed by atoms with Crippen molar-refractivity contribution >= 4 is 28.4 Å². The molecule has 1 aliphatic heterocycles. The second-order valence-corrected chi connectivity index (χ2v) is 7.92. The summed E-state index contributed by atoms with van der Waals surface area (Å²) in [5.74, 6) is 1.84. The van der Waals surface area contributed by atoms with E-state index >= 15 is 0 Å². The predicted octanol–water partition coefficient (Wildman–Crippen LogP) is 3.41. The van der Waals surface area contributed by atoms with Crippen LogP contribution in [0.15, 0.2) is 22.6 Å². The maximum Gasteiger partial charge on any atom is 0.246 e. The van der Waals surface area contributed by atoms with Crippen LogP contribution in [-0.2, 0) is 22.4 Å². The second-order valence-electron chi connectivity index (χ2n) is 7.92. The van der Waals surface area contributed by atoms with E-state index in [-0.39, 0.29) is 11.8 Å². The Balaban J connectivity index is 1.61. The molecule has 2 heterocycles. The van der Waals surface area contributed by atoms with Gasteiger partial charge in [0, 0.05) is 68.2 Å². The summed E-state index contributed by atoms with van der Waals surface area (Å²) in [7, 11) is 1.64. The Hall–Kier alpha value is -2.76. The first kappa shape index (κ1) is 19.6. The first-order valence-electron chi connectivity index (χ1n) is 10.3. The first-order chi connectivity index (χ1) is 14.0. The molecule has 0 unspecified atom stereocenters. The molecule has 1 fully saturated rings. The van der Waals surface area contributed by atoms with Crippen molar-refractivity contribution in [2.24, 2.45) is 0 Å². The van der Waals surface area contributed by atoms with Gasteiger partial charge in [0.25, 0.3) is 0 Å². The van der Waals surface area contributed by atoms with Crippen LogP contribution in [0.25, 0.3) is 16.5 Å². The number of rotatable bonds is 3. The van der Waals surface area contributed by atoms with Crippen molar-refractivity contribution in [3.63, 3.8) is 0 Å². The van der Waals surface area contributed by atoms with Gasteiger partial charge in [-0.1, -0.05) is 0 Å². The van der Waals surface area contributed by atoms with E-state index in [1.165, 1.54) is 18.4 Å². The van der Waals surface area contributed by atoms with Crippen LogP contribution in [0, 0.1) is 0 Å². The number of methoxy groups -OCH3 is 1. The van der Waals surface area contributed by atoms with E-state index < -0.39 is 0 Å². The summed E-state index contributed by atoms with van der Waals surface area (Å²) in [6.07, 6.45) is 6.06. The number of benzene rings is 1. The van der Waals surface area contributed by atoms with Gasteiger partial charge < -0.3 is 19.0 Å². The molecule has 1 saturated heterocycles. The minimum Gasteiger partial charge on any atom is -0.496 e. The Morgan fingerprint density at radius 3 is 2.41 bits per heavy atom. The molecule has 29 heavy (non-hydrogen) atoms. The lowest BCUT2D eigenvalue weighted by Crippen LogP contribution is -2.49. The largest absolute Gasteiger partial charge is 0.496 e. The summed E-state index contributed by atoms with van der Waals surface area (Å²) in [6, 6.07) is 4.05. The van der Waals surface area contributed by atoms with Gasteiger partial charge in [-0.3, -0.25) is 9.59 Å². The third-order valence-electron chi connectivity index (χ3n) is 6.08. The van der Waals surface area contributed by atoms with Gasteiger partial charge >= 0.3 is 0 Å². The van der Waals surface area contributed by atoms with Crippen molar-refractivity contribution < 1.29 is 18.7 Å². The van der Waals surface area contributed by atoms with Crippen molar-refractivity contribution in [2.45, 2.75) is 39.5 Å². The van der Waals surface area contributed by atoms with Crippen LogP contribution in [0.4, 0.5) is 0 Å². The molecule has 2 aromatic rings. The average Bonchev–Trinajstić information content (AvgIpc) is 3.10. The fourth-order valence-corrected chi connectivity index (χ4v) is 4.36. The molecular formula is C23H28N2O4. The quantitative estimate of drug-likeness (QED) is 0.746. The molecule has 6 nitrogen and oxygen atoms in total. The minimum atomic E-state index is -0.0259. The molecule has 0 spiro atoms. The number of aryl methyl sites for hydroxylation is 2. The van der Waals surface area contributed by atoms with E-state index in [0.717, 1.165) is 40.7 Å². The monoisotopic (exact) mass is 396 g/mol. The Morgan fingerprint density at radius 2 is 1.72 bits per heavy atom. The van der Waals surface area contributed by atoms with Crippen LogP contribution in [0.3, 0.4) is 0 Å². The number of hydrogen-bond acceptors (Lipinski definition) is 4. The van der Waals surface area contributed by atoms with Crippen LogP contribution in [0.5, 0.6) is 5.75 Å². The Kier molecular flexibility index (Phi) is 5.35. The van der Waals surface area contributed by atoms with E-state index in [4.69, 9.17) is 9.15 Å². The molecule has 0 N–H and O–H groups in total. The summed E-state index contributed by atoms with van der Waals surface area (Å²) in [5, 5.41) is 1.13. The SMILES string of the molecule is COc1cc2oc3c(c2cc1/C(C)=C/C(=O)N1CCN(C(C)=O)CC1)CCCC3. The predicted molar refractivity (Wildman–Crippen MR) is 112 cm³/mol. The standard InChI is InChI=1S/C23H28N2O4/c1-15(12-23(27)25-10-8-24(9-11-25)16(2)26)18-13-19-17-6-4-5-7-20(17)29-22(19)14-21(18)28-3/h12-14H,4-11H2,1-3H3/b15-12+. The number of carbonyl (C=O) groups excluding carboxylic acids is 2. The van der Waals surface area contributed by atoms with Crippen molar-refractivity contribution in [1.29, 1.82) is 0 Å². The Bertz CT molecular complexity index is 980. The highest BCUT2D eigenvalue weighted by molar-refractivity contribution is 5.97.